The lowest BCUT2D eigenvalue weighted by atomic mass is 10.00. The lowest BCUT2D eigenvalue weighted by Crippen LogP contribution is -2.02. The van der Waals surface area contributed by atoms with Crippen LogP contribution in [0.25, 0.3) is 0 Å². The summed E-state index contributed by atoms with van der Waals surface area (Å²) < 4.78 is 24.8. The molecule has 1 unspecified atom stereocenters. The largest absolute Gasteiger partial charge is 0.388 e. The van der Waals surface area contributed by atoms with Gasteiger partial charge in [-0.05, 0) is 18.1 Å². The summed E-state index contributed by atoms with van der Waals surface area (Å²) in [7, 11) is 0. The lowest BCUT2D eigenvalue weighted by molar-refractivity contribution is 0.151. The van der Waals surface area contributed by atoms with Crippen molar-refractivity contribution in [1.29, 1.82) is 0 Å². The van der Waals surface area contributed by atoms with Crippen molar-refractivity contribution in [2.24, 2.45) is 0 Å². The average Bonchev–Trinajstić information content (AvgIpc) is 2.41. The van der Waals surface area contributed by atoms with Crippen LogP contribution in [0.2, 0.25) is 0 Å². The predicted molar refractivity (Wildman–Crippen MR) is 71.2 cm³/mol. The van der Waals surface area contributed by atoms with E-state index in [0.717, 1.165) is 5.56 Å². The van der Waals surface area contributed by atoms with E-state index in [4.69, 9.17) is 0 Å². The van der Waals surface area contributed by atoms with Crippen LogP contribution in [0, 0.1) is 6.92 Å². The van der Waals surface area contributed by atoms with Gasteiger partial charge in [-0.1, -0.05) is 54.1 Å². The lowest BCUT2D eigenvalue weighted by Gasteiger charge is -2.12. The minimum Gasteiger partial charge on any atom is -0.388 e. The van der Waals surface area contributed by atoms with Gasteiger partial charge in [0.15, 0.2) is 0 Å². The summed E-state index contributed by atoms with van der Waals surface area (Å²) in [6.07, 6.45) is -2.66. The smallest absolute Gasteiger partial charge is 0.263 e. The van der Waals surface area contributed by atoms with Crippen LogP contribution in [0.15, 0.2) is 48.5 Å². The molecule has 2 rings (SSSR count). The van der Waals surface area contributed by atoms with E-state index >= 15 is 0 Å². The van der Waals surface area contributed by atoms with Gasteiger partial charge < -0.3 is 5.11 Å². The molecule has 0 spiro atoms. The summed E-state index contributed by atoms with van der Waals surface area (Å²) in [6, 6.07) is 13.7. The van der Waals surface area contributed by atoms with Gasteiger partial charge in [-0.3, -0.25) is 0 Å². The zero-order valence-corrected chi connectivity index (χ0v) is 10.7. The second-order valence-electron chi connectivity index (χ2n) is 4.67. The first kappa shape index (κ1) is 13.7. The van der Waals surface area contributed by atoms with Gasteiger partial charge in [-0.15, -0.1) is 0 Å². The minimum absolute atomic E-state index is 0.0220. The molecule has 0 heterocycles. The summed E-state index contributed by atoms with van der Waals surface area (Å²) in [5.41, 5.74) is 2.83. The number of hydrogen-bond acceptors (Lipinski definition) is 1. The number of rotatable bonds is 4. The van der Waals surface area contributed by atoms with Crippen molar-refractivity contribution < 1.29 is 13.9 Å². The van der Waals surface area contributed by atoms with E-state index in [1.807, 2.05) is 31.2 Å². The maximum atomic E-state index is 12.4. The van der Waals surface area contributed by atoms with Crippen LogP contribution in [0.5, 0.6) is 0 Å². The van der Waals surface area contributed by atoms with Gasteiger partial charge >= 0.3 is 0 Å². The third-order valence-electron chi connectivity index (χ3n) is 3.12. The zero-order chi connectivity index (χ0) is 13.8. The Bertz CT molecular complexity index is 517. The molecule has 1 atom stereocenters. The van der Waals surface area contributed by atoms with E-state index in [9.17, 15) is 13.9 Å². The molecule has 2 aromatic rings. The Balaban J connectivity index is 2.07. The van der Waals surface area contributed by atoms with Crippen molar-refractivity contribution in [2.45, 2.75) is 25.9 Å². The third-order valence-corrected chi connectivity index (χ3v) is 3.12. The summed E-state index contributed by atoms with van der Waals surface area (Å²) in [5, 5.41) is 10.1. The van der Waals surface area contributed by atoms with Crippen molar-refractivity contribution >= 4 is 0 Å². The third kappa shape index (κ3) is 3.61. The SMILES string of the molecule is Cc1ccc(CC(O)c2ccc(C(F)F)cc2)cc1. The number of aliphatic hydroxyl groups is 1. The van der Waals surface area contributed by atoms with Crippen LogP contribution >= 0.6 is 0 Å². The van der Waals surface area contributed by atoms with Gasteiger partial charge in [0.05, 0.1) is 6.10 Å². The molecule has 0 amide bonds. The van der Waals surface area contributed by atoms with E-state index in [0.29, 0.717) is 12.0 Å². The quantitative estimate of drug-likeness (QED) is 0.875. The van der Waals surface area contributed by atoms with Gasteiger partial charge in [-0.25, -0.2) is 8.78 Å². The highest BCUT2D eigenvalue weighted by Gasteiger charge is 2.11. The Morgan fingerprint density at radius 3 is 1.95 bits per heavy atom. The first-order valence-corrected chi connectivity index (χ1v) is 6.18. The summed E-state index contributed by atoms with van der Waals surface area (Å²) >= 11 is 0. The maximum Gasteiger partial charge on any atom is 0.263 e. The molecular formula is C16H16F2O. The van der Waals surface area contributed by atoms with Crippen LogP contribution in [-0.4, -0.2) is 5.11 Å². The van der Waals surface area contributed by atoms with E-state index in [-0.39, 0.29) is 5.56 Å². The number of hydrogen-bond donors (Lipinski definition) is 1. The number of benzene rings is 2. The number of alkyl halides is 2. The highest BCUT2D eigenvalue weighted by atomic mass is 19.3. The van der Waals surface area contributed by atoms with Crippen molar-refractivity contribution in [1.82, 2.24) is 0 Å². The van der Waals surface area contributed by atoms with E-state index in [1.165, 1.54) is 17.7 Å². The molecule has 0 saturated carbocycles. The molecule has 0 fully saturated rings. The molecule has 0 saturated heterocycles. The second-order valence-corrected chi connectivity index (χ2v) is 4.67. The van der Waals surface area contributed by atoms with Gasteiger partial charge in [0.2, 0.25) is 0 Å². The standard InChI is InChI=1S/C16H16F2O/c1-11-2-4-12(5-3-11)10-15(19)13-6-8-14(9-7-13)16(17)18/h2-9,15-16,19H,10H2,1H3. The molecule has 0 bridgehead atoms. The Hall–Kier alpha value is -1.74. The van der Waals surface area contributed by atoms with Crippen molar-refractivity contribution in [3.05, 3.63) is 70.8 Å². The molecular weight excluding hydrogens is 246 g/mol. The minimum atomic E-state index is -2.47. The van der Waals surface area contributed by atoms with Gasteiger partial charge in [0.1, 0.15) is 0 Å². The molecule has 0 aliphatic carbocycles. The second kappa shape index (κ2) is 5.93. The molecule has 100 valence electrons. The van der Waals surface area contributed by atoms with E-state index in [2.05, 4.69) is 0 Å². The zero-order valence-electron chi connectivity index (χ0n) is 10.7. The Labute approximate surface area is 111 Å². The fourth-order valence-corrected chi connectivity index (χ4v) is 1.93. The first-order valence-electron chi connectivity index (χ1n) is 6.18. The van der Waals surface area contributed by atoms with Gasteiger partial charge in [0, 0.05) is 12.0 Å². The predicted octanol–water partition coefficient (Wildman–Crippen LogP) is 4.21. The fraction of sp³-hybridized carbons (Fsp3) is 0.250. The average molecular weight is 262 g/mol. The highest BCUT2D eigenvalue weighted by molar-refractivity contribution is 5.27. The van der Waals surface area contributed by atoms with Gasteiger partial charge in [-0.2, -0.15) is 0 Å². The highest BCUT2D eigenvalue weighted by Crippen LogP contribution is 2.23. The fourth-order valence-electron chi connectivity index (χ4n) is 1.93. The molecule has 1 nitrogen and oxygen atoms in total. The Morgan fingerprint density at radius 1 is 0.895 bits per heavy atom. The van der Waals surface area contributed by atoms with Crippen molar-refractivity contribution in [2.75, 3.05) is 0 Å². The summed E-state index contributed by atoms with van der Waals surface area (Å²) in [4.78, 5) is 0. The molecule has 2 aromatic carbocycles. The van der Waals surface area contributed by atoms with Crippen LogP contribution in [-0.2, 0) is 6.42 Å². The molecule has 0 aliphatic rings. The molecule has 3 heteroatoms. The van der Waals surface area contributed by atoms with Crippen LogP contribution < -0.4 is 0 Å². The first-order chi connectivity index (χ1) is 9.06. The monoisotopic (exact) mass is 262 g/mol. The molecule has 0 aromatic heterocycles. The summed E-state index contributed by atoms with van der Waals surface area (Å²) in [6.45, 7) is 2.00. The molecule has 0 radical (unpaired) electrons. The molecule has 19 heavy (non-hydrogen) atoms. The number of halogens is 2. The molecule has 1 N–H and O–H groups in total. The Kier molecular flexibility index (Phi) is 4.27. The molecule has 0 aliphatic heterocycles. The summed E-state index contributed by atoms with van der Waals surface area (Å²) in [5.74, 6) is 0. The van der Waals surface area contributed by atoms with Gasteiger partial charge in [0.25, 0.3) is 6.43 Å². The van der Waals surface area contributed by atoms with Crippen molar-refractivity contribution in [3.8, 4) is 0 Å². The Morgan fingerprint density at radius 2 is 1.42 bits per heavy atom. The number of aliphatic hydroxyl groups excluding tert-OH is 1. The van der Waals surface area contributed by atoms with Crippen molar-refractivity contribution in [3.63, 3.8) is 0 Å². The topological polar surface area (TPSA) is 20.2 Å². The van der Waals surface area contributed by atoms with Crippen LogP contribution in [0.3, 0.4) is 0 Å². The van der Waals surface area contributed by atoms with Crippen LogP contribution in [0.4, 0.5) is 8.78 Å². The van der Waals surface area contributed by atoms with Crippen LogP contribution in [0.1, 0.15) is 34.8 Å². The van der Waals surface area contributed by atoms with E-state index < -0.39 is 12.5 Å². The normalized spacial score (nSPS) is 12.7. The number of aryl methyl sites for hydroxylation is 1. The van der Waals surface area contributed by atoms with E-state index in [1.54, 1.807) is 12.1 Å². The maximum absolute atomic E-state index is 12.4.